The number of hydrogen-bond donors (Lipinski definition) is 1. The highest BCUT2D eigenvalue weighted by Gasteiger charge is 2.51. The minimum Gasteiger partial charge on any atom is -0.325 e. The van der Waals surface area contributed by atoms with Crippen molar-refractivity contribution in [3.8, 4) is 0 Å². The molecule has 2 atom stereocenters. The van der Waals surface area contributed by atoms with E-state index in [2.05, 4.69) is 20.5 Å². The molecule has 1 N–H and O–H groups in total. The molecule has 1 spiro atoms. The Morgan fingerprint density at radius 1 is 1.31 bits per heavy atom. The van der Waals surface area contributed by atoms with Crippen molar-refractivity contribution in [2.75, 3.05) is 18.9 Å². The van der Waals surface area contributed by atoms with Gasteiger partial charge in [-0.05, 0) is 44.1 Å². The molecule has 0 aliphatic carbocycles. The van der Waals surface area contributed by atoms with Gasteiger partial charge in [0.15, 0.2) is 0 Å². The highest BCUT2D eigenvalue weighted by Crippen LogP contribution is 2.50. The van der Waals surface area contributed by atoms with Crippen molar-refractivity contribution in [3.63, 3.8) is 0 Å². The molecule has 0 bridgehead atoms. The quantitative estimate of drug-likeness (QED) is 0.843. The maximum absolute atomic E-state index is 13.0. The van der Waals surface area contributed by atoms with Crippen LogP contribution < -0.4 is 5.32 Å². The smallest absolute Gasteiger partial charge is 0.325 e. The molecule has 1 amide bonds. The number of fused-ring (bicyclic) bond motifs is 2. The van der Waals surface area contributed by atoms with E-state index < -0.39 is 17.2 Å². The van der Waals surface area contributed by atoms with Crippen molar-refractivity contribution in [2.45, 2.75) is 30.5 Å². The minimum absolute atomic E-state index is 0.128. The average Bonchev–Trinajstić information content (AvgIpc) is 3.11. The summed E-state index contributed by atoms with van der Waals surface area (Å²) in [7, 11) is 3.72. The first-order chi connectivity index (χ1) is 12.2. The molecule has 2 aliphatic heterocycles. The number of amides is 1. The molecule has 4 rings (SSSR count). The van der Waals surface area contributed by atoms with Gasteiger partial charge in [-0.25, -0.2) is 0 Å². The minimum atomic E-state index is -4.44. The predicted molar refractivity (Wildman–Crippen MR) is 87.4 cm³/mol. The summed E-state index contributed by atoms with van der Waals surface area (Å²) in [6.07, 6.45) is -1.64. The lowest BCUT2D eigenvalue weighted by atomic mass is 9.70. The van der Waals surface area contributed by atoms with Gasteiger partial charge in [-0.1, -0.05) is 11.3 Å². The molecule has 6 nitrogen and oxygen atoms in total. The monoisotopic (exact) mass is 365 g/mol. The average molecular weight is 365 g/mol. The normalized spacial score (nSPS) is 26.2. The number of benzene rings is 1. The van der Waals surface area contributed by atoms with E-state index in [9.17, 15) is 18.0 Å². The fourth-order valence-electron chi connectivity index (χ4n) is 4.02. The fraction of sp³-hybridized carbons (Fsp3) is 0.471. The molecule has 3 heterocycles. The third-order valence-corrected chi connectivity index (χ3v) is 5.47. The van der Waals surface area contributed by atoms with Crippen molar-refractivity contribution in [3.05, 3.63) is 41.2 Å². The molecule has 1 aromatic heterocycles. The molecule has 0 saturated carbocycles. The molecule has 1 fully saturated rings. The maximum atomic E-state index is 13.0. The van der Waals surface area contributed by atoms with Gasteiger partial charge < -0.3 is 5.32 Å². The van der Waals surface area contributed by atoms with Crippen molar-refractivity contribution >= 4 is 11.6 Å². The lowest BCUT2D eigenvalue weighted by Crippen LogP contribution is -2.46. The number of anilines is 1. The molecule has 2 aliphatic rings. The standard InChI is InChI=1S/C17H18F3N5O/c1-24-6-5-16(8-14(24)13-9-25(2)23-22-13)11-4-3-10(17(18,19)20)7-12(11)21-15(16)26/h3-4,7,9,14H,5-6,8H2,1-2H3,(H,21,26). The summed E-state index contributed by atoms with van der Waals surface area (Å²) in [4.78, 5) is 14.9. The molecule has 1 saturated heterocycles. The Hall–Kier alpha value is -2.42. The Labute approximate surface area is 148 Å². The molecule has 0 radical (unpaired) electrons. The first kappa shape index (κ1) is 17.0. The van der Waals surface area contributed by atoms with Crippen molar-refractivity contribution in [1.82, 2.24) is 19.9 Å². The van der Waals surface area contributed by atoms with E-state index >= 15 is 0 Å². The number of likely N-dealkylation sites (tertiary alicyclic amines) is 1. The summed E-state index contributed by atoms with van der Waals surface area (Å²) >= 11 is 0. The van der Waals surface area contributed by atoms with E-state index in [4.69, 9.17) is 0 Å². The van der Waals surface area contributed by atoms with Crippen molar-refractivity contribution < 1.29 is 18.0 Å². The van der Waals surface area contributed by atoms with Gasteiger partial charge in [-0.15, -0.1) is 5.10 Å². The third-order valence-electron chi connectivity index (χ3n) is 5.47. The number of hydrogen-bond acceptors (Lipinski definition) is 4. The van der Waals surface area contributed by atoms with Crippen LogP contribution in [-0.2, 0) is 23.4 Å². The maximum Gasteiger partial charge on any atom is 0.416 e. The van der Waals surface area contributed by atoms with Crippen LogP contribution in [0.5, 0.6) is 0 Å². The number of piperidine rings is 1. The summed E-state index contributed by atoms with van der Waals surface area (Å²) in [6.45, 7) is 0.634. The summed E-state index contributed by atoms with van der Waals surface area (Å²) < 4.78 is 40.6. The Bertz CT molecular complexity index is 878. The Balaban J connectivity index is 1.74. The first-order valence-electron chi connectivity index (χ1n) is 8.30. The number of nitrogens with zero attached hydrogens (tertiary/aromatic N) is 4. The Morgan fingerprint density at radius 3 is 2.73 bits per heavy atom. The van der Waals surface area contributed by atoms with Crippen LogP contribution in [0.4, 0.5) is 18.9 Å². The van der Waals surface area contributed by atoms with Gasteiger partial charge in [0.1, 0.15) is 0 Å². The van der Waals surface area contributed by atoms with Gasteiger partial charge in [0.2, 0.25) is 5.91 Å². The zero-order valence-electron chi connectivity index (χ0n) is 14.3. The fourth-order valence-corrected chi connectivity index (χ4v) is 4.02. The van der Waals surface area contributed by atoms with Crippen LogP contribution in [-0.4, -0.2) is 39.4 Å². The van der Waals surface area contributed by atoms with E-state index in [1.165, 1.54) is 6.07 Å². The van der Waals surface area contributed by atoms with Crippen LogP contribution in [0.3, 0.4) is 0 Å². The topological polar surface area (TPSA) is 63.1 Å². The van der Waals surface area contributed by atoms with Crippen LogP contribution in [0.15, 0.2) is 24.4 Å². The molecular formula is C17H18F3N5O. The summed E-state index contributed by atoms with van der Waals surface area (Å²) in [5.74, 6) is -0.242. The number of nitrogens with one attached hydrogen (secondary N) is 1. The lowest BCUT2D eigenvalue weighted by Gasteiger charge is -2.41. The predicted octanol–water partition coefficient (Wildman–Crippen LogP) is 2.49. The van der Waals surface area contributed by atoms with E-state index in [0.29, 0.717) is 24.9 Å². The Morgan fingerprint density at radius 2 is 2.08 bits per heavy atom. The van der Waals surface area contributed by atoms with Gasteiger partial charge in [0, 0.05) is 18.9 Å². The zero-order valence-corrected chi connectivity index (χ0v) is 14.3. The van der Waals surface area contributed by atoms with Crippen LogP contribution in [0.2, 0.25) is 0 Å². The number of halogens is 3. The number of carbonyl (C=O) groups excluding carboxylic acids is 1. The highest BCUT2D eigenvalue weighted by atomic mass is 19.4. The van der Waals surface area contributed by atoms with Gasteiger partial charge in [0.25, 0.3) is 0 Å². The van der Waals surface area contributed by atoms with Crippen molar-refractivity contribution in [2.24, 2.45) is 7.05 Å². The van der Waals surface area contributed by atoms with E-state index in [1.807, 2.05) is 7.05 Å². The first-order valence-corrected chi connectivity index (χ1v) is 8.30. The second kappa shape index (κ2) is 5.54. The molecule has 1 aromatic carbocycles. The summed E-state index contributed by atoms with van der Waals surface area (Å²) in [5.41, 5.74) is 0.0488. The van der Waals surface area contributed by atoms with Gasteiger partial charge in [0.05, 0.1) is 22.7 Å². The molecule has 26 heavy (non-hydrogen) atoms. The summed E-state index contributed by atoms with van der Waals surface area (Å²) in [5, 5.41) is 10.8. The van der Waals surface area contributed by atoms with Crippen LogP contribution in [0, 0.1) is 0 Å². The molecular weight excluding hydrogens is 347 g/mol. The second-order valence-electron chi connectivity index (χ2n) is 7.06. The van der Waals surface area contributed by atoms with E-state index in [0.717, 1.165) is 17.8 Å². The van der Waals surface area contributed by atoms with Gasteiger partial charge in [-0.2, -0.15) is 13.2 Å². The number of rotatable bonds is 1. The molecule has 138 valence electrons. The summed E-state index contributed by atoms with van der Waals surface area (Å²) in [6, 6.07) is 3.39. The van der Waals surface area contributed by atoms with E-state index in [1.54, 1.807) is 17.9 Å². The number of carbonyl (C=O) groups is 1. The SMILES string of the molecule is CN1CCC2(CC1c1cn(C)nn1)C(=O)Nc1cc(C(F)(F)F)ccc12. The van der Waals surface area contributed by atoms with Crippen molar-refractivity contribution in [1.29, 1.82) is 0 Å². The second-order valence-corrected chi connectivity index (χ2v) is 7.06. The van der Waals surface area contributed by atoms with Gasteiger partial charge in [-0.3, -0.25) is 14.4 Å². The number of aromatic nitrogens is 3. The third kappa shape index (κ3) is 2.49. The number of alkyl halides is 3. The molecule has 2 aromatic rings. The lowest BCUT2D eigenvalue weighted by molar-refractivity contribution is -0.137. The molecule has 2 unspecified atom stereocenters. The van der Waals surface area contributed by atoms with Gasteiger partial charge >= 0.3 is 6.18 Å². The zero-order chi connectivity index (χ0) is 18.7. The molecule has 9 heteroatoms. The van der Waals surface area contributed by atoms with Crippen LogP contribution >= 0.6 is 0 Å². The van der Waals surface area contributed by atoms with Crippen LogP contribution in [0.1, 0.15) is 35.7 Å². The Kier molecular flexibility index (Phi) is 3.62. The highest BCUT2D eigenvalue weighted by molar-refractivity contribution is 6.06. The number of aryl methyl sites for hydroxylation is 1. The van der Waals surface area contributed by atoms with Crippen LogP contribution in [0.25, 0.3) is 0 Å². The largest absolute Gasteiger partial charge is 0.416 e. The van der Waals surface area contributed by atoms with E-state index in [-0.39, 0.29) is 17.6 Å².